The van der Waals surface area contributed by atoms with Crippen molar-refractivity contribution in [2.24, 2.45) is 5.92 Å². The van der Waals surface area contributed by atoms with E-state index in [1.54, 1.807) is 18.2 Å². The van der Waals surface area contributed by atoms with Crippen LogP contribution in [0, 0.1) is 5.92 Å². The Kier molecular flexibility index (Phi) is 3.57. The minimum Gasteiger partial charge on any atom is -0.482 e. The summed E-state index contributed by atoms with van der Waals surface area (Å²) in [4.78, 5) is 16.7. The predicted octanol–water partition coefficient (Wildman–Crippen LogP) is 2.56. The van der Waals surface area contributed by atoms with Crippen LogP contribution in [0.5, 0.6) is 5.88 Å². The number of hydrogen-bond acceptors (Lipinski definition) is 3. The molecule has 4 nitrogen and oxygen atoms in total. The smallest absolute Gasteiger partial charge is 0.265 e. The molecular formula is C13H15ClN2O2. The summed E-state index contributed by atoms with van der Waals surface area (Å²) in [5.41, 5.74) is 0.877. The number of fused-ring (bicyclic) bond motifs is 1. The van der Waals surface area contributed by atoms with E-state index in [9.17, 15) is 4.79 Å². The number of ether oxygens (including phenoxy) is 1. The van der Waals surface area contributed by atoms with Crippen LogP contribution in [0.1, 0.15) is 19.4 Å². The molecule has 2 rings (SSSR count). The van der Waals surface area contributed by atoms with Gasteiger partial charge in [0.15, 0.2) is 0 Å². The Morgan fingerprint density at radius 3 is 2.78 bits per heavy atom. The van der Waals surface area contributed by atoms with Crippen LogP contribution < -0.4 is 10.3 Å². The lowest BCUT2D eigenvalue weighted by atomic mass is 10.1. The molecular weight excluding hydrogens is 252 g/mol. The van der Waals surface area contributed by atoms with Gasteiger partial charge in [-0.1, -0.05) is 31.5 Å². The van der Waals surface area contributed by atoms with Crippen LogP contribution in [-0.4, -0.2) is 16.5 Å². The highest BCUT2D eigenvalue weighted by Crippen LogP contribution is 2.17. The van der Waals surface area contributed by atoms with Crippen molar-refractivity contribution in [1.29, 1.82) is 0 Å². The number of aromatic nitrogens is 2. The van der Waals surface area contributed by atoms with E-state index >= 15 is 0 Å². The van der Waals surface area contributed by atoms with Crippen molar-refractivity contribution in [3.05, 3.63) is 39.3 Å². The van der Waals surface area contributed by atoms with E-state index in [2.05, 4.69) is 4.98 Å². The molecule has 18 heavy (non-hydrogen) atoms. The van der Waals surface area contributed by atoms with Crippen LogP contribution in [0.25, 0.3) is 5.65 Å². The fourth-order valence-electron chi connectivity index (χ4n) is 1.90. The van der Waals surface area contributed by atoms with E-state index in [0.29, 0.717) is 29.4 Å². The second-order valence-electron chi connectivity index (χ2n) is 4.55. The number of rotatable bonds is 3. The molecule has 0 atom stereocenters. The van der Waals surface area contributed by atoms with Gasteiger partial charge in [0, 0.05) is 0 Å². The Bertz CT molecular complexity index is 635. The largest absolute Gasteiger partial charge is 0.482 e. The average Bonchev–Trinajstić information content (AvgIpc) is 2.33. The van der Waals surface area contributed by atoms with Crippen molar-refractivity contribution in [3.63, 3.8) is 0 Å². The van der Waals surface area contributed by atoms with Crippen molar-refractivity contribution in [3.8, 4) is 5.88 Å². The molecule has 0 radical (unpaired) electrons. The summed E-state index contributed by atoms with van der Waals surface area (Å²) in [6.07, 6.45) is 0.603. The first-order chi connectivity index (χ1) is 8.54. The topological polar surface area (TPSA) is 43.6 Å². The summed E-state index contributed by atoms with van der Waals surface area (Å²) in [5, 5.41) is 0.280. The Hall–Kier alpha value is -1.55. The lowest BCUT2D eigenvalue weighted by Crippen LogP contribution is -2.22. The first kappa shape index (κ1) is 12.9. The molecule has 0 spiro atoms. The zero-order chi connectivity index (χ0) is 13.3. The lowest BCUT2D eigenvalue weighted by molar-refractivity contribution is 0.389. The van der Waals surface area contributed by atoms with Gasteiger partial charge >= 0.3 is 0 Å². The van der Waals surface area contributed by atoms with Crippen LogP contribution in [0.2, 0.25) is 5.15 Å². The van der Waals surface area contributed by atoms with E-state index in [1.165, 1.54) is 11.5 Å². The average molecular weight is 267 g/mol. The highest BCUT2D eigenvalue weighted by atomic mass is 35.5. The van der Waals surface area contributed by atoms with Gasteiger partial charge in [-0.15, -0.1) is 0 Å². The van der Waals surface area contributed by atoms with Gasteiger partial charge in [0.05, 0.1) is 12.7 Å². The van der Waals surface area contributed by atoms with Crippen LogP contribution in [0.4, 0.5) is 0 Å². The fraction of sp³-hybridized carbons (Fsp3) is 0.385. The maximum Gasteiger partial charge on any atom is 0.265 e. The van der Waals surface area contributed by atoms with Gasteiger partial charge in [0.25, 0.3) is 5.56 Å². The summed E-state index contributed by atoms with van der Waals surface area (Å²) in [7, 11) is 1.53. The lowest BCUT2D eigenvalue weighted by Gasteiger charge is -2.11. The molecule has 0 aliphatic carbocycles. The molecule has 0 aliphatic heterocycles. The van der Waals surface area contributed by atoms with Crippen LogP contribution in [-0.2, 0) is 6.42 Å². The van der Waals surface area contributed by atoms with E-state index in [1.807, 2.05) is 13.8 Å². The first-order valence-corrected chi connectivity index (χ1v) is 6.16. The zero-order valence-electron chi connectivity index (χ0n) is 10.6. The molecule has 0 N–H and O–H groups in total. The molecule has 0 unspecified atom stereocenters. The second kappa shape index (κ2) is 4.98. The molecule has 0 amide bonds. The standard InChI is InChI=1S/C13H15ClN2O2/c1-8(2)7-9-12(14)15-10-5-4-6-11(18-3)16(10)13(9)17/h4-6,8H,7H2,1-3H3. The van der Waals surface area contributed by atoms with Gasteiger partial charge in [0.1, 0.15) is 10.8 Å². The van der Waals surface area contributed by atoms with Crippen molar-refractivity contribution >= 4 is 17.2 Å². The summed E-state index contributed by atoms with van der Waals surface area (Å²) in [6, 6.07) is 5.23. The molecule has 0 aliphatic rings. The van der Waals surface area contributed by atoms with Crippen LogP contribution in [0.3, 0.4) is 0 Å². The quantitative estimate of drug-likeness (QED) is 0.802. The van der Waals surface area contributed by atoms with Gasteiger partial charge in [-0.05, 0) is 24.5 Å². The second-order valence-corrected chi connectivity index (χ2v) is 4.90. The SMILES string of the molecule is COc1cccc2nc(Cl)c(CC(C)C)c(=O)n12. The number of pyridine rings is 1. The third-order valence-corrected chi connectivity index (χ3v) is 2.99. The van der Waals surface area contributed by atoms with Crippen molar-refractivity contribution in [2.75, 3.05) is 7.11 Å². The molecule has 0 saturated heterocycles. The van der Waals surface area contributed by atoms with Crippen molar-refractivity contribution in [2.45, 2.75) is 20.3 Å². The van der Waals surface area contributed by atoms with Crippen LogP contribution >= 0.6 is 11.6 Å². The maximum absolute atomic E-state index is 12.4. The van der Waals surface area contributed by atoms with E-state index in [0.717, 1.165) is 0 Å². The minimum atomic E-state index is -0.156. The van der Waals surface area contributed by atoms with Gasteiger partial charge in [0.2, 0.25) is 5.88 Å². The molecule has 0 saturated carbocycles. The minimum absolute atomic E-state index is 0.156. The fourth-order valence-corrected chi connectivity index (χ4v) is 2.14. The van der Waals surface area contributed by atoms with E-state index in [4.69, 9.17) is 16.3 Å². The summed E-state index contributed by atoms with van der Waals surface area (Å²) < 4.78 is 6.64. The van der Waals surface area contributed by atoms with Gasteiger partial charge in [-0.2, -0.15) is 0 Å². The number of nitrogens with zero attached hydrogens (tertiary/aromatic N) is 2. The van der Waals surface area contributed by atoms with E-state index in [-0.39, 0.29) is 10.7 Å². The zero-order valence-corrected chi connectivity index (χ0v) is 11.4. The highest BCUT2D eigenvalue weighted by molar-refractivity contribution is 6.30. The monoisotopic (exact) mass is 266 g/mol. The van der Waals surface area contributed by atoms with Crippen molar-refractivity contribution in [1.82, 2.24) is 9.38 Å². The Labute approximate surface area is 110 Å². The maximum atomic E-state index is 12.4. The third kappa shape index (κ3) is 2.20. The first-order valence-electron chi connectivity index (χ1n) is 5.78. The summed E-state index contributed by atoms with van der Waals surface area (Å²) in [6.45, 7) is 4.07. The molecule has 2 aromatic rings. The molecule has 96 valence electrons. The highest BCUT2D eigenvalue weighted by Gasteiger charge is 2.14. The molecule has 0 bridgehead atoms. The normalized spacial score (nSPS) is 11.2. The molecule has 2 aromatic heterocycles. The summed E-state index contributed by atoms with van der Waals surface area (Å²) in [5.74, 6) is 0.802. The van der Waals surface area contributed by atoms with E-state index < -0.39 is 0 Å². The summed E-state index contributed by atoms with van der Waals surface area (Å²) >= 11 is 6.08. The van der Waals surface area contributed by atoms with Crippen molar-refractivity contribution < 1.29 is 4.74 Å². The van der Waals surface area contributed by atoms with Gasteiger partial charge in [-0.3, -0.25) is 4.79 Å². The Morgan fingerprint density at radius 1 is 1.44 bits per heavy atom. The number of hydrogen-bond donors (Lipinski definition) is 0. The number of halogens is 1. The Morgan fingerprint density at radius 2 is 2.17 bits per heavy atom. The van der Waals surface area contributed by atoms with Crippen LogP contribution in [0.15, 0.2) is 23.0 Å². The third-order valence-electron chi connectivity index (χ3n) is 2.68. The Balaban J connectivity index is 2.78. The predicted molar refractivity (Wildman–Crippen MR) is 71.6 cm³/mol. The van der Waals surface area contributed by atoms with Gasteiger partial charge < -0.3 is 4.74 Å². The molecule has 0 fully saturated rings. The molecule has 2 heterocycles. The molecule has 0 aromatic carbocycles. The molecule has 5 heteroatoms. The van der Waals surface area contributed by atoms with Gasteiger partial charge in [-0.25, -0.2) is 9.38 Å². The number of methoxy groups -OCH3 is 1.